The van der Waals surface area contributed by atoms with Gasteiger partial charge in [0.15, 0.2) is 11.6 Å². The number of hydrogen-bond acceptors (Lipinski definition) is 4. The molecule has 0 saturated heterocycles. The molecule has 1 aromatic heterocycles. The molecule has 1 fully saturated rings. The second kappa shape index (κ2) is 7.23. The van der Waals surface area contributed by atoms with E-state index >= 15 is 0 Å². The number of halogens is 1. The first kappa shape index (κ1) is 17.4. The number of aliphatic hydroxyl groups excluding tert-OH is 1. The molecule has 3 rings (SSSR count). The molecule has 1 saturated carbocycles. The van der Waals surface area contributed by atoms with Crippen molar-refractivity contribution in [2.24, 2.45) is 5.92 Å². The van der Waals surface area contributed by atoms with Gasteiger partial charge in [-0.15, -0.1) is 0 Å². The molecule has 1 heterocycles. The van der Waals surface area contributed by atoms with Crippen molar-refractivity contribution < 1.29 is 19.1 Å². The maximum atomic E-state index is 13.4. The van der Waals surface area contributed by atoms with Gasteiger partial charge < -0.3 is 5.11 Å². The summed E-state index contributed by atoms with van der Waals surface area (Å²) in [6, 6.07) is 8.58. The van der Waals surface area contributed by atoms with E-state index in [9.17, 15) is 19.1 Å². The zero-order valence-electron chi connectivity index (χ0n) is 14.0. The average Bonchev–Trinajstić information content (AvgIpc) is 3.43. The van der Waals surface area contributed by atoms with Crippen LogP contribution in [0.1, 0.15) is 70.8 Å². The number of aromatic nitrogens is 1. The summed E-state index contributed by atoms with van der Waals surface area (Å²) >= 11 is 0. The first-order chi connectivity index (χ1) is 12.0. The van der Waals surface area contributed by atoms with Crippen LogP contribution in [-0.4, -0.2) is 21.7 Å². The summed E-state index contributed by atoms with van der Waals surface area (Å²) in [7, 11) is 0. The zero-order chi connectivity index (χ0) is 18.0. The standard InChI is InChI=1S/C20H20FNO3/c1-2-18(23)16-10-14(19(24)8-12-6-7-12)11-17(22-16)20(25)13-4-3-5-15(21)9-13/h3-5,9-12,20,25H,2,6-8H2,1H3. The Morgan fingerprint density at radius 2 is 2.00 bits per heavy atom. The lowest BCUT2D eigenvalue weighted by Gasteiger charge is -2.13. The molecule has 130 valence electrons. The number of hydrogen-bond donors (Lipinski definition) is 1. The van der Waals surface area contributed by atoms with Crippen LogP contribution >= 0.6 is 0 Å². The van der Waals surface area contributed by atoms with Gasteiger partial charge >= 0.3 is 0 Å². The minimum Gasteiger partial charge on any atom is -0.382 e. The fraction of sp³-hybridized carbons (Fsp3) is 0.350. The van der Waals surface area contributed by atoms with Gasteiger partial charge in [0.05, 0.1) is 5.69 Å². The molecule has 0 bridgehead atoms. The van der Waals surface area contributed by atoms with Gasteiger partial charge in [0.1, 0.15) is 17.6 Å². The van der Waals surface area contributed by atoms with Crippen molar-refractivity contribution in [2.75, 3.05) is 0 Å². The lowest BCUT2D eigenvalue weighted by Crippen LogP contribution is -2.12. The van der Waals surface area contributed by atoms with Gasteiger partial charge in [-0.3, -0.25) is 9.59 Å². The lowest BCUT2D eigenvalue weighted by molar-refractivity contribution is 0.0975. The number of carbonyl (C=O) groups is 2. The topological polar surface area (TPSA) is 67.3 Å². The van der Waals surface area contributed by atoms with Crippen LogP contribution in [0.3, 0.4) is 0 Å². The summed E-state index contributed by atoms with van der Waals surface area (Å²) in [4.78, 5) is 28.7. The fourth-order valence-electron chi connectivity index (χ4n) is 2.73. The van der Waals surface area contributed by atoms with Crippen LogP contribution in [0.25, 0.3) is 0 Å². The number of pyridine rings is 1. The third-order valence-electron chi connectivity index (χ3n) is 4.39. The molecule has 1 N–H and O–H groups in total. The highest BCUT2D eigenvalue weighted by Crippen LogP contribution is 2.34. The molecule has 25 heavy (non-hydrogen) atoms. The Hall–Kier alpha value is -2.40. The molecule has 0 amide bonds. The molecule has 1 unspecified atom stereocenters. The summed E-state index contributed by atoms with van der Waals surface area (Å²) in [5, 5.41) is 10.5. The Bertz CT molecular complexity index is 814. The monoisotopic (exact) mass is 341 g/mol. The summed E-state index contributed by atoms with van der Waals surface area (Å²) < 4.78 is 13.4. The summed E-state index contributed by atoms with van der Waals surface area (Å²) in [6.45, 7) is 1.71. The predicted molar refractivity (Wildman–Crippen MR) is 91.0 cm³/mol. The number of benzene rings is 1. The molecule has 0 radical (unpaired) electrons. The number of carbonyl (C=O) groups excluding carboxylic acids is 2. The van der Waals surface area contributed by atoms with Crippen LogP contribution in [0.5, 0.6) is 0 Å². The quantitative estimate of drug-likeness (QED) is 0.776. The van der Waals surface area contributed by atoms with Crippen LogP contribution in [0.2, 0.25) is 0 Å². The van der Waals surface area contributed by atoms with Crippen molar-refractivity contribution in [1.82, 2.24) is 4.98 Å². The molecule has 0 spiro atoms. The van der Waals surface area contributed by atoms with Gasteiger partial charge in [-0.05, 0) is 48.6 Å². The van der Waals surface area contributed by atoms with E-state index < -0.39 is 11.9 Å². The predicted octanol–water partition coefficient (Wildman–Crippen LogP) is 3.88. The lowest BCUT2D eigenvalue weighted by atomic mass is 9.99. The largest absolute Gasteiger partial charge is 0.382 e. The Kier molecular flexibility index (Phi) is 5.04. The average molecular weight is 341 g/mol. The number of aliphatic hydroxyl groups is 1. The van der Waals surface area contributed by atoms with E-state index in [0.29, 0.717) is 23.5 Å². The maximum absolute atomic E-state index is 13.4. The molecular weight excluding hydrogens is 321 g/mol. The van der Waals surface area contributed by atoms with Gasteiger partial charge in [0.25, 0.3) is 0 Å². The molecule has 4 nitrogen and oxygen atoms in total. The summed E-state index contributed by atoms with van der Waals surface area (Å²) in [5.41, 5.74) is 1.05. The first-order valence-electron chi connectivity index (χ1n) is 8.50. The van der Waals surface area contributed by atoms with E-state index in [1.165, 1.54) is 30.3 Å². The highest BCUT2D eigenvalue weighted by atomic mass is 19.1. The van der Waals surface area contributed by atoms with Crippen molar-refractivity contribution in [3.63, 3.8) is 0 Å². The maximum Gasteiger partial charge on any atom is 0.180 e. The summed E-state index contributed by atoms with van der Waals surface area (Å²) in [6.07, 6.45) is 1.60. The van der Waals surface area contributed by atoms with Crippen molar-refractivity contribution >= 4 is 11.6 Å². The zero-order valence-corrected chi connectivity index (χ0v) is 14.0. The van der Waals surface area contributed by atoms with Gasteiger partial charge in [-0.1, -0.05) is 19.1 Å². The van der Waals surface area contributed by atoms with Gasteiger partial charge in [0.2, 0.25) is 0 Å². The highest BCUT2D eigenvalue weighted by molar-refractivity contribution is 6.00. The first-order valence-corrected chi connectivity index (χ1v) is 8.50. The SMILES string of the molecule is CCC(=O)c1cc(C(=O)CC2CC2)cc(C(O)c2cccc(F)c2)n1. The van der Waals surface area contributed by atoms with E-state index in [4.69, 9.17) is 0 Å². The molecule has 1 aliphatic rings. The number of Topliss-reactive ketones (excluding diaryl/α,β-unsaturated/α-hetero) is 2. The van der Waals surface area contributed by atoms with E-state index in [-0.39, 0.29) is 29.4 Å². The van der Waals surface area contributed by atoms with Crippen LogP contribution in [-0.2, 0) is 0 Å². The Morgan fingerprint density at radius 3 is 2.64 bits per heavy atom. The number of nitrogens with zero attached hydrogens (tertiary/aromatic N) is 1. The minimum atomic E-state index is -1.20. The van der Waals surface area contributed by atoms with Crippen LogP contribution in [0, 0.1) is 11.7 Å². The normalized spacial score (nSPS) is 15.0. The van der Waals surface area contributed by atoms with Gasteiger partial charge in [0, 0.05) is 18.4 Å². The second-order valence-electron chi connectivity index (χ2n) is 6.47. The minimum absolute atomic E-state index is 0.0530. The van der Waals surface area contributed by atoms with Crippen molar-refractivity contribution in [1.29, 1.82) is 0 Å². The summed E-state index contributed by atoms with van der Waals surface area (Å²) in [5.74, 6) is -0.304. The molecule has 5 heteroatoms. The van der Waals surface area contributed by atoms with Crippen molar-refractivity contribution in [3.05, 3.63) is 64.7 Å². The van der Waals surface area contributed by atoms with Crippen molar-refractivity contribution in [3.8, 4) is 0 Å². The van der Waals surface area contributed by atoms with E-state index in [1.54, 1.807) is 13.0 Å². The third-order valence-corrected chi connectivity index (χ3v) is 4.39. The fourth-order valence-corrected chi connectivity index (χ4v) is 2.73. The number of ketones is 2. The Morgan fingerprint density at radius 1 is 1.24 bits per heavy atom. The molecule has 2 aromatic rings. The molecular formula is C20H20FNO3. The molecule has 1 aliphatic carbocycles. The third kappa shape index (κ3) is 4.17. The van der Waals surface area contributed by atoms with Gasteiger partial charge in [-0.25, -0.2) is 9.37 Å². The molecule has 1 atom stereocenters. The second-order valence-corrected chi connectivity index (χ2v) is 6.47. The van der Waals surface area contributed by atoms with Crippen LogP contribution in [0.15, 0.2) is 36.4 Å². The van der Waals surface area contributed by atoms with Crippen LogP contribution in [0.4, 0.5) is 4.39 Å². The van der Waals surface area contributed by atoms with Crippen molar-refractivity contribution in [2.45, 2.75) is 38.7 Å². The Labute approximate surface area is 145 Å². The van der Waals surface area contributed by atoms with E-state index in [0.717, 1.165) is 12.8 Å². The Balaban J connectivity index is 1.98. The van der Waals surface area contributed by atoms with Crippen LogP contribution < -0.4 is 0 Å². The van der Waals surface area contributed by atoms with Gasteiger partial charge in [-0.2, -0.15) is 0 Å². The van der Waals surface area contributed by atoms with E-state index in [1.807, 2.05) is 0 Å². The highest BCUT2D eigenvalue weighted by Gasteiger charge is 2.26. The smallest absolute Gasteiger partial charge is 0.180 e. The molecule has 0 aliphatic heterocycles. The van der Waals surface area contributed by atoms with E-state index in [2.05, 4.69) is 4.98 Å². The molecule has 1 aromatic carbocycles. The number of rotatable bonds is 7.